The molecule has 0 heterocycles. The van der Waals surface area contributed by atoms with E-state index in [9.17, 15) is 20.0 Å². The number of hydrogen-bond donors (Lipinski definition) is 2. The highest BCUT2D eigenvalue weighted by Gasteiger charge is 2.64. The van der Waals surface area contributed by atoms with Gasteiger partial charge in [-0.2, -0.15) is 5.10 Å². The van der Waals surface area contributed by atoms with Crippen LogP contribution in [0.3, 0.4) is 0 Å². The van der Waals surface area contributed by atoms with Crippen molar-refractivity contribution >= 4 is 17.8 Å². The van der Waals surface area contributed by atoms with Gasteiger partial charge >= 0.3 is 5.69 Å². The third-order valence-corrected chi connectivity index (χ3v) is 5.20. The maximum Gasteiger partial charge on any atom is 0.311 e. The first-order valence-corrected chi connectivity index (χ1v) is 7.74. The SMILES string of the molecule is C[C@]12CCCC[C@H]1[C@H]2C(=O)N/N=C\c1ccc(O)c([N+](=O)[O-])c1. The van der Waals surface area contributed by atoms with E-state index in [0.29, 0.717) is 11.5 Å². The molecule has 1 amide bonds. The third-order valence-electron chi connectivity index (χ3n) is 5.20. The Morgan fingerprint density at radius 3 is 2.96 bits per heavy atom. The molecule has 2 N–H and O–H groups in total. The number of aromatic hydroxyl groups is 1. The average Bonchev–Trinajstić information content (AvgIpc) is 3.14. The second-order valence-electron chi connectivity index (χ2n) is 6.58. The lowest BCUT2D eigenvalue weighted by Gasteiger charge is -2.15. The van der Waals surface area contributed by atoms with Gasteiger partial charge in [0.15, 0.2) is 5.75 Å². The molecule has 2 saturated carbocycles. The minimum Gasteiger partial charge on any atom is -0.502 e. The van der Waals surface area contributed by atoms with E-state index in [1.807, 2.05) is 0 Å². The number of nitrogens with one attached hydrogen (secondary N) is 1. The normalized spacial score (nSPS) is 29.1. The molecule has 0 unspecified atom stereocenters. The lowest BCUT2D eigenvalue weighted by molar-refractivity contribution is -0.385. The summed E-state index contributed by atoms with van der Waals surface area (Å²) in [7, 11) is 0. The Kier molecular flexibility index (Phi) is 3.79. The van der Waals surface area contributed by atoms with Crippen LogP contribution < -0.4 is 5.43 Å². The van der Waals surface area contributed by atoms with Crippen molar-refractivity contribution in [2.75, 3.05) is 0 Å². The molecule has 7 heteroatoms. The molecular formula is C16H19N3O4. The van der Waals surface area contributed by atoms with E-state index in [1.165, 1.54) is 37.3 Å². The van der Waals surface area contributed by atoms with E-state index < -0.39 is 10.7 Å². The number of benzene rings is 1. The van der Waals surface area contributed by atoms with Gasteiger partial charge in [-0.3, -0.25) is 14.9 Å². The summed E-state index contributed by atoms with van der Waals surface area (Å²) in [6, 6.07) is 3.94. The zero-order chi connectivity index (χ0) is 16.6. The molecule has 3 rings (SSSR count). The van der Waals surface area contributed by atoms with Crippen LogP contribution in [0.1, 0.15) is 38.2 Å². The lowest BCUT2D eigenvalue weighted by atomic mass is 9.90. The number of amides is 1. The van der Waals surface area contributed by atoms with Crippen molar-refractivity contribution in [2.45, 2.75) is 32.6 Å². The summed E-state index contributed by atoms with van der Waals surface area (Å²) in [4.78, 5) is 22.3. The van der Waals surface area contributed by atoms with E-state index in [2.05, 4.69) is 17.5 Å². The first kappa shape index (κ1) is 15.5. The Hall–Kier alpha value is -2.44. The van der Waals surface area contributed by atoms with Gasteiger partial charge in [0.25, 0.3) is 0 Å². The minimum atomic E-state index is -0.666. The Balaban J connectivity index is 1.62. The van der Waals surface area contributed by atoms with Gasteiger partial charge in [0, 0.05) is 17.5 Å². The molecule has 0 bridgehead atoms. The largest absolute Gasteiger partial charge is 0.502 e. The molecule has 1 aromatic carbocycles. The number of carbonyl (C=O) groups excluding carboxylic acids is 1. The van der Waals surface area contributed by atoms with Crippen molar-refractivity contribution in [1.29, 1.82) is 0 Å². The maximum absolute atomic E-state index is 12.2. The summed E-state index contributed by atoms with van der Waals surface area (Å²) in [5.41, 5.74) is 2.71. The monoisotopic (exact) mass is 317 g/mol. The smallest absolute Gasteiger partial charge is 0.311 e. The number of phenols is 1. The number of nitrogens with zero attached hydrogens (tertiary/aromatic N) is 2. The standard InChI is InChI=1S/C16H19N3O4/c1-16-7-3-2-4-11(16)14(16)15(21)18-17-9-10-5-6-13(20)12(8-10)19(22)23/h5-6,8-9,11,14,20H,2-4,7H2,1H3,(H,18,21)/b17-9-/t11-,14-,16-/m0/s1. The molecule has 0 aliphatic heterocycles. The van der Waals surface area contributed by atoms with Crippen LogP contribution in [-0.2, 0) is 4.79 Å². The molecule has 2 aliphatic rings. The number of hydrazone groups is 1. The molecule has 0 aromatic heterocycles. The molecule has 23 heavy (non-hydrogen) atoms. The number of nitro groups is 1. The highest BCUT2D eigenvalue weighted by Crippen LogP contribution is 2.66. The van der Waals surface area contributed by atoms with Crippen LogP contribution in [0.4, 0.5) is 5.69 Å². The van der Waals surface area contributed by atoms with Gasteiger partial charge in [-0.05, 0) is 36.3 Å². The summed E-state index contributed by atoms with van der Waals surface area (Å²) in [6.07, 6.45) is 5.90. The quantitative estimate of drug-likeness (QED) is 0.506. The maximum atomic E-state index is 12.2. The minimum absolute atomic E-state index is 0.0244. The van der Waals surface area contributed by atoms with E-state index in [-0.39, 0.29) is 22.9 Å². The average molecular weight is 317 g/mol. The van der Waals surface area contributed by atoms with Gasteiger partial charge in [-0.1, -0.05) is 19.8 Å². The fourth-order valence-corrected chi connectivity index (χ4v) is 3.86. The molecule has 2 aliphatic carbocycles. The zero-order valence-electron chi connectivity index (χ0n) is 12.9. The Morgan fingerprint density at radius 1 is 1.52 bits per heavy atom. The topological polar surface area (TPSA) is 105 Å². The number of nitro benzene ring substituents is 1. The van der Waals surface area contributed by atoms with Gasteiger partial charge in [0.2, 0.25) is 5.91 Å². The Labute approximate surface area is 133 Å². The van der Waals surface area contributed by atoms with Crippen LogP contribution in [0.15, 0.2) is 23.3 Å². The van der Waals surface area contributed by atoms with Crippen molar-refractivity contribution in [3.8, 4) is 5.75 Å². The van der Waals surface area contributed by atoms with Gasteiger partial charge in [-0.25, -0.2) is 5.43 Å². The zero-order valence-corrected chi connectivity index (χ0v) is 12.9. The van der Waals surface area contributed by atoms with E-state index >= 15 is 0 Å². The van der Waals surface area contributed by atoms with Crippen LogP contribution in [0.5, 0.6) is 5.75 Å². The van der Waals surface area contributed by atoms with Crippen LogP contribution in [0, 0.1) is 27.4 Å². The first-order valence-electron chi connectivity index (χ1n) is 7.74. The third kappa shape index (κ3) is 2.78. The number of hydrogen-bond acceptors (Lipinski definition) is 5. The Morgan fingerprint density at radius 2 is 2.30 bits per heavy atom. The van der Waals surface area contributed by atoms with Gasteiger partial charge in [0.05, 0.1) is 11.1 Å². The van der Waals surface area contributed by atoms with E-state index in [4.69, 9.17) is 0 Å². The van der Waals surface area contributed by atoms with Crippen molar-refractivity contribution in [1.82, 2.24) is 5.43 Å². The molecule has 0 radical (unpaired) electrons. The van der Waals surface area contributed by atoms with Crippen LogP contribution >= 0.6 is 0 Å². The van der Waals surface area contributed by atoms with Gasteiger partial charge in [-0.15, -0.1) is 0 Å². The summed E-state index contributed by atoms with van der Waals surface area (Å²) in [5, 5.41) is 24.0. The summed E-state index contributed by atoms with van der Waals surface area (Å²) < 4.78 is 0. The van der Waals surface area contributed by atoms with Crippen molar-refractivity contribution in [3.05, 3.63) is 33.9 Å². The van der Waals surface area contributed by atoms with E-state index in [1.54, 1.807) is 0 Å². The number of phenolic OH excluding ortho intramolecular Hbond substituents is 1. The highest BCUT2D eigenvalue weighted by atomic mass is 16.6. The molecule has 3 atom stereocenters. The van der Waals surface area contributed by atoms with E-state index in [0.717, 1.165) is 12.8 Å². The van der Waals surface area contributed by atoms with Crippen LogP contribution in [-0.4, -0.2) is 22.2 Å². The molecule has 0 saturated heterocycles. The Bertz CT molecular complexity index is 688. The summed E-state index contributed by atoms with van der Waals surface area (Å²) in [5.74, 6) is 0.00704. The van der Waals surface area contributed by atoms with Crippen molar-refractivity contribution in [3.63, 3.8) is 0 Å². The first-order chi connectivity index (χ1) is 10.9. The second-order valence-corrected chi connectivity index (χ2v) is 6.58. The van der Waals surface area contributed by atoms with Crippen molar-refractivity contribution in [2.24, 2.45) is 22.4 Å². The number of carbonyl (C=O) groups is 1. The van der Waals surface area contributed by atoms with Gasteiger partial charge < -0.3 is 5.11 Å². The predicted octanol–water partition coefficient (Wildman–Crippen LogP) is 2.58. The molecule has 0 spiro atoms. The molecular weight excluding hydrogens is 298 g/mol. The summed E-state index contributed by atoms with van der Waals surface area (Å²) in [6.45, 7) is 2.16. The number of rotatable bonds is 4. The molecule has 7 nitrogen and oxygen atoms in total. The van der Waals surface area contributed by atoms with Crippen LogP contribution in [0.2, 0.25) is 0 Å². The van der Waals surface area contributed by atoms with Gasteiger partial charge in [0.1, 0.15) is 0 Å². The molecule has 2 fully saturated rings. The number of fused-ring (bicyclic) bond motifs is 1. The fraction of sp³-hybridized carbons (Fsp3) is 0.500. The lowest BCUT2D eigenvalue weighted by Crippen LogP contribution is -2.22. The second kappa shape index (κ2) is 5.64. The molecule has 122 valence electrons. The highest BCUT2D eigenvalue weighted by molar-refractivity contribution is 5.86. The predicted molar refractivity (Wildman–Crippen MR) is 84.1 cm³/mol. The fourth-order valence-electron chi connectivity index (χ4n) is 3.86. The van der Waals surface area contributed by atoms with Crippen molar-refractivity contribution < 1.29 is 14.8 Å². The molecule has 1 aromatic rings. The van der Waals surface area contributed by atoms with Crippen LogP contribution in [0.25, 0.3) is 0 Å². The summed E-state index contributed by atoms with van der Waals surface area (Å²) >= 11 is 0.